The fourth-order valence-electron chi connectivity index (χ4n) is 4.77. The maximum absolute atomic E-state index is 13.5. The van der Waals surface area contributed by atoms with E-state index in [1.54, 1.807) is 6.07 Å². The first kappa shape index (κ1) is 22.6. The summed E-state index contributed by atoms with van der Waals surface area (Å²) in [6.07, 6.45) is 0.582. The summed E-state index contributed by atoms with van der Waals surface area (Å²) >= 11 is 0. The number of fused-ring (bicyclic) bond motifs is 3. The molecule has 3 aliphatic rings. The maximum Gasteiger partial charge on any atom is 0.416 e. The van der Waals surface area contributed by atoms with Gasteiger partial charge in [-0.05, 0) is 56.1 Å². The Balaban J connectivity index is 1.51. The van der Waals surface area contributed by atoms with Crippen LogP contribution in [0.5, 0.6) is 0 Å². The van der Waals surface area contributed by atoms with E-state index in [1.807, 2.05) is 24.1 Å². The minimum Gasteiger partial charge on any atom is -0.363 e. The van der Waals surface area contributed by atoms with Crippen LogP contribution in [0, 0.1) is 6.92 Å². The van der Waals surface area contributed by atoms with Crippen molar-refractivity contribution in [2.75, 3.05) is 38.1 Å². The highest BCUT2D eigenvalue weighted by Crippen LogP contribution is 2.35. The van der Waals surface area contributed by atoms with Crippen molar-refractivity contribution < 1.29 is 13.2 Å². The van der Waals surface area contributed by atoms with Crippen LogP contribution >= 0.6 is 0 Å². The van der Waals surface area contributed by atoms with E-state index in [2.05, 4.69) is 28.3 Å². The molecule has 1 atom stereocenters. The summed E-state index contributed by atoms with van der Waals surface area (Å²) in [6, 6.07) is 5.96. The Bertz CT molecular complexity index is 1210. The monoisotopic (exact) mass is 468 g/mol. The van der Waals surface area contributed by atoms with Gasteiger partial charge in [-0.25, -0.2) is 4.99 Å². The van der Waals surface area contributed by atoms with Gasteiger partial charge in [-0.3, -0.25) is 4.98 Å². The summed E-state index contributed by atoms with van der Waals surface area (Å²) in [6.45, 7) is 6.60. The third-order valence-corrected chi connectivity index (χ3v) is 6.70. The highest BCUT2D eigenvalue weighted by atomic mass is 19.4. The van der Waals surface area contributed by atoms with E-state index < -0.39 is 11.7 Å². The number of hydrogen-bond acceptors (Lipinski definition) is 6. The third-order valence-electron chi connectivity index (χ3n) is 6.70. The van der Waals surface area contributed by atoms with Crippen molar-refractivity contribution in [1.82, 2.24) is 15.2 Å². The van der Waals surface area contributed by atoms with Crippen LogP contribution in [-0.4, -0.2) is 54.9 Å². The summed E-state index contributed by atoms with van der Waals surface area (Å²) in [5.41, 5.74) is 4.10. The molecule has 0 amide bonds. The Hall–Kier alpha value is -3.20. The molecular weight excluding hydrogens is 441 g/mol. The minimum atomic E-state index is -4.39. The van der Waals surface area contributed by atoms with Gasteiger partial charge < -0.3 is 15.1 Å². The third kappa shape index (κ3) is 4.09. The molecule has 1 aromatic carbocycles. The van der Waals surface area contributed by atoms with Crippen molar-refractivity contribution in [2.24, 2.45) is 9.98 Å². The molecule has 0 fully saturated rings. The molecule has 0 radical (unpaired) electrons. The van der Waals surface area contributed by atoms with E-state index in [9.17, 15) is 13.2 Å². The first-order chi connectivity index (χ1) is 16.2. The zero-order chi connectivity index (χ0) is 24.0. The first-order valence-corrected chi connectivity index (χ1v) is 11.4. The average Bonchev–Trinajstić information content (AvgIpc) is 3.27. The molecule has 1 aromatic heterocycles. The molecule has 0 bridgehead atoms. The molecule has 9 heteroatoms. The Morgan fingerprint density at radius 1 is 1.18 bits per heavy atom. The van der Waals surface area contributed by atoms with Gasteiger partial charge in [0.25, 0.3) is 0 Å². The second-order valence-corrected chi connectivity index (χ2v) is 9.01. The molecule has 178 valence electrons. The van der Waals surface area contributed by atoms with E-state index >= 15 is 0 Å². The summed E-state index contributed by atoms with van der Waals surface area (Å²) in [7, 11) is 2.09. The number of aliphatic imine (C=N–C) groups is 2. The molecule has 6 nitrogen and oxygen atoms in total. The molecule has 0 saturated carbocycles. The number of halogens is 3. The average molecular weight is 469 g/mol. The number of nitrogens with zero attached hydrogens (tertiary/aromatic N) is 5. The van der Waals surface area contributed by atoms with Crippen LogP contribution in [-0.2, 0) is 6.18 Å². The lowest BCUT2D eigenvalue weighted by Crippen LogP contribution is -2.38. The van der Waals surface area contributed by atoms with Gasteiger partial charge in [0.05, 0.1) is 35.7 Å². The number of aromatic nitrogens is 1. The quantitative estimate of drug-likeness (QED) is 0.725. The van der Waals surface area contributed by atoms with E-state index in [-0.39, 0.29) is 11.6 Å². The maximum atomic E-state index is 13.5. The standard InChI is InChI=1S/C25H27F3N6/c1-15-18(5-4-6-20(15)25(26,27)28)16(2)31-23-19-13-21(17-7-10-33(3)11-8-17)30-14-22(19)34-12-9-29-24(34)32-23/h4-7,13-14,16H,8-12H2,1-3H3,(H,29,31,32). The van der Waals surface area contributed by atoms with Crippen molar-refractivity contribution in [1.29, 1.82) is 0 Å². The van der Waals surface area contributed by atoms with Gasteiger partial charge in [-0.15, -0.1) is 0 Å². The lowest BCUT2D eigenvalue weighted by atomic mass is 9.96. The molecule has 4 heterocycles. The van der Waals surface area contributed by atoms with Crippen LogP contribution < -0.4 is 10.2 Å². The molecule has 5 rings (SSSR count). The van der Waals surface area contributed by atoms with E-state index in [1.165, 1.54) is 18.6 Å². The van der Waals surface area contributed by atoms with Crippen molar-refractivity contribution in [3.8, 4) is 0 Å². The van der Waals surface area contributed by atoms with Crippen LogP contribution in [0.3, 0.4) is 0 Å². The van der Waals surface area contributed by atoms with Gasteiger partial charge in [0.15, 0.2) is 0 Å². The molecule has 0 saturated heterocycles. The van der Waals surface area contributed by atoms with E-state index in [0.717, 1.165) is 49.1 Å². The molecule has 3 aliphatic heterocycles. The van der Waals surface area contributed by atoms with Gasteiger partial charge >= 0.3 is 6.18 Å². The molecular formula is C25H27F3N6. The second kappa shape index (κ2) is 8.54. The van der Waals surface area contributed by atoms with Gasteiger partial charge in [-0.1, -0.05) is 18.2 Å². The summed E-state index contributed by atoms with van der Waals surface area (Å²) in [4.78, 5) is 18.3. The fraction of sp³-hybridized carbons (Fsp3) is 0.400. The number of nitrogens with one attached hydrogen (secondary N) is 1. The first-order valence-electron chi connectivity index (χ1n) is 11.4. The number of hydrogen-bond donors (Lipinski definition) is 1. The molecule has 1 N–H and O–H groups in total. The van der Waals surface area contributed by atoms with Crippen molar-refractivity contribution in [2.45, 2.75) is 32.5 Å². The number of pyridine rings is 1. The predicted molar refractivity (Wildman–Crippen MR) is 128 cm³/mol. The number of amidine groups is 1. The zero-order valence-corrected chi connectivity index (χ0v) is 19.4. The predicted octanol–water partition coefficient (Wildman–Crippen LogP) is 4.41. The fourth-order valence-corrected chi connectivity index (χ4v) is 4.77. The van der Waals surface area contributed by atoms with E-state index in [0.29, 0.717) is 23.9 Å². The number of anilines is 1. The molecule has 2 aromatic rings. The Morgan fingerprint density at radius 2 is 2.00 bits per heavy atom. The van der Waals surface area contributed by atoms with Crippen LogP contribution in [0.25, 0.3) is 5.57 Å². The number of alkyl halides is 3. The smallest absolute Gasteiger partial charge is 0.363 e. The van der Waals surface area contributed by atoms with Crippen molar-refractivity contribution in [3.05, 3.63) is 64.5 Å². The van der Waals surface area contributed by atoms with Gasteiger partial charge in [0.2, 0.25) is 5.96 Å². The second-order valence-electron chi connectivity index (χ2n) is 9.01. The highest BCUT2D eigenvalue weighted by molar-refractivity contribution is 6.18. The van der Waals surface area contributed by atoms with E-state index in [4.69, 9.17) is 9.98 Å². The lowest BCUT2D eigenvalue weighted by Gasteiger charge is -2.30. The SMILES string of the molecule is Cc1c(C(C)NC2=NC3=NCCN3c3cnc(C4=CCN(C)CC4)cc32)cccc1C(F)(F)F. The Morgan fingerprint density at radius 3 is 2.74 bits per heavy atom. The van der Waals surface area contributed by atoms with Crippen LogP contribution in [0.15, 0.2) is 46.5 Å². The molecule has 0 spiro atoms. The highest BCUT2D eigenvalue weighted by Gasteiger charge is 2.34. The van der Waals surface area contributed by atoms with Crippen molar-refractivity contribution in [3.63, 3.8) is 0 Å². The summed E-state index contributed by atoms with van der Waals surface area (Å²) < 4.78 is 40.4. The summed E-state index contributed by atoms with van der Waals surface area (Å²) in [5, 5.41) is 3.38. The van der Waals surface area contributed by atoms with Crippen LogP contribution in [0.4, 0.5) is 18.9 Å². The number of rotatable bonds is 3. The molecule has 34 heavy (non-hydrogen) atoms. The van der Waals surface area contributed by atoms with Gasteiger partial charge in [0.1, 0.15) is 5.84 Å². The largest absolute Gasteiger partial charge is 0.416 e. The topological polar surface area (TPSA) is 56.1 Å². The van der Waals surface area contributed by atoms with Crippen LogP contribution in [0.2, 0.25) is 0 Å². The molecule has 0 aliphatic carbocycles. The lowest BCUT2D eigenvalue weighted by molar-refractivity contribution is -0.138. The Labute approximate surface area is 196 Å². The van der Waals surface area contributed by atoms with Crippen molar-refractivity contribution >= 4 is 23.1 Å². The zero-order valence-electron chi connectivity index (χ0n) is 19.4. The van der Waals surface area contributed by atoms with Gasteiger partial charge in [0, 0.05) is 25.2 Å². The molecule has 1 unspecified atom stereocenters. The van der Waals surface area contributed by atoms with Crippen LogP contribution in [0.1, 0.15) is 47.3 Å². The normalized spacial score (nSPS) is 19.1. The summed E-state index contributed by atoms with van der Waals surface area (Å²) in [5.74, 6) is 1.21. The Kier molecular flexibility index (Phi) is 5.67. The number of benzene rings is 1. The van der Waals surface area contributed by atoms with Gasteiger partial charge in [-0.2, -0.15) is 18.2 Å². The minimum absolute atomic E-state index is 0.221. The number of guanidine groups is 1. The number of likely N-dealkylation sites (N-methyl/N-ethyl adjacent to an activating group) is 1.